The van der Waals surface area contributed by atoms with Gasteiger partial charge in [-0.25, -0.2) is 5.26 Å². The number of ether oxygens (including phenoxy) is 1. The van der Waals surface area contributed by atoms with Crippen molar-refractivity contribution in [2.45, 2.75) is 32.4 Å². The molecule has 0 spiro atoms. The fourth-order valence-electron chi connectivity index (χ4n) is 2.11. The summed E-state index contributed by atoms with van der Waals surface area (Å²) >= 11 is 0. The van der Waals surface area contributed by atoms with E-state index in [9.17, 15) is 4.79 Å². The average molecular weight is 222 g/mol. The van der Waals surface area contributed by atoms with Crippen LogP contribution >= 0.6 is 0 Å². The molecule has 86 valence electrons. The highest BCUT2D eigenvalue weighted by Gasteiger charge is 2.37. The lowest BCUT2D eigenvalue weighted by molar-refractivity contribution is -0.127. The number of rotatable bonds is 4. The summed E-state index contributed by atoms with van der Waals surface area (Å²) in [6.07, 6.45) is 3.17. The maximum Gasteiger partial charge on any atom is 0.293 e. The summed E-state index contributed by atoms with van der Waals surface area (Å²) in [6.45, 7) is 2.44. The molecule has 1 aliphatic heterocycles. The van der Waals surface area contributed by atoms with E-state index in [-0.39, 0.29) is 18.7 Å². The molecule has 1 N–H and O–H groups in total. The van der Waals surface area contributed by atoms with E-state index in [1.165, 1.54) is 0 Å². The number of nitriles is 1. The number of carbonyl (C=O) groups excluding carboxylic acids is 1. The first-order valence-electron chi connectivity index (χ1n) is 5.32. The average Bonchev–Trinajstić information content (AvgIpc) is 2.31. The molecule has 0 unspecified atom stereocenters. The van der Waals surface area contributed by atoms with Gasteiger partial charge >= 0.3 is 0 Å². The minimum absolute atomic E-state index is 0.0215. The zero-order valence-electron chi connectivity index (χ0n) is 9.35. The van der Waals surface area contributed by atoms with Gasteiger partial charge in [0, 0.05) is 11.4 Å². The Bertz CT molecular complexity index is 317. The SMILES string of the molecule is CC1(/C(COC=O)=N\O)CCB(C#N)CC1. The highest BCUT2D eigenvalue weighted by molar-refractivity contribution is 6.67. The summed E-state index contributed by atoms with van der Waals surface area (Å²) in [7, 11) is 0. The number of hydrogen-bond donors (Lipinski definition) is 1. The molecule has 0 saturated carbocycles. The van der Waals surface area contributed by atoms with Crippen LogP contribution in [0, 0.1) is 16.6 Å². The van der Waals surface area contributed by atoms with Gasteiger partial charge in [0.15, 0.2) is 0 Å². The normalized spacial score (nSPS) is 20.0. The second kappa shape index (κ2) is 5.54. The van der Waals surface area contributed by atoms with E-state index in [1.807, 2.05) is 6.92 Å². The van der Waals surface area contributed by atoms with Crippen LogP contribution in [0.3, 0.4) is 0 Å². The highest BCUT2D eigenvalue weighted by Crippen LogP contribution is 2.37. The second-order valence-electron chi connectivity index (χ2n) is 4.42. The smallest absolute Gasteiger partial charge is 0.293 e. The third-order valence-corrected chi connectivity index (χ3v) is 3.38. The molecule has 0 aromatic carbocycles. The summed E-state index contributed by atoms with van der Waals surface area (Å²) in [5.74, 6) is 2.25. The predicted octanol–water partition coefficient (Wildman–Crippen LogP) is 1.35. The molecule has 16 heavy (non-hydrogen) atoms. The first kappa shape index (κ1) is 12.6. The lowest BCUT2D eigenvalue weighted by Gasteiger charge is -2.34. The van der Waals surface area contributed by atoms with E-state index < -0.39 is 0 Å². The summed E-state index contributed by atoms with van der Waals surface area (Å²) in [5.41, 5.74) is 0.224. The maximum absolute atomic E-state index is 10.1. The molecule has 0 aromatic rings. The van der Waals surface area contributed by atoms with Crippen LogP contribution in [0.4, 0.5) is 0 Å². The molecule has 0 radical (unpaired) electrons. The van der Waals surface area contributed by atoms with E-state index >= 15 is 0 Å². The first-order valence-corrected chi connectivity index (χ1v) is 5.32. The predicted molar refractivity (Wildman–Crippen MR) is 59.6 cm³/mol. The Morgan fingerprint density at radius 1 is 1.69 bits per heavy atom. The molecule has 5 nitrogen and oxygen atoms in total. The van der Waals surface area contributed by atoms with Gasteiger partial charge in [0.2, 0.25) is 0 Å². The lowest BCUT2D eigenvalue weighted by atomic mass is 9.39. The van der Waals surface area contributed by atoms with Gasteiger partial charge in [0.05, 0.1) is 0 Å². The van der Waals surface area contributed by atoms with Crippen molar-refractivity contribution in [3.63, 3.8) is 0 Å². The Balaban J connectivity index is 2.63. The van der Waals surface area contributed by atoms with Gasteiger partial charge in [0.25, 0.3) is 13.2 Å². The molecule has 1 fully saturated rings. The molecule has 0 bridgehead atoms. The van der Waals surface area contributed by atoms with Crippen LogP contribution < -0.4 is 0 Å². The summed E-state index contributed by atoms with van der Waals surface area (Å²) in [6, 6.07) is 0. The number of nitrogens with zero attached hydrogens (tertiary/aromatic N) is 2. The molecular weight excluding hydrogens is 207 g/mol. The van der Waals surface area contributed by atoms with Crippen LogP contribution in [0.1, 0.15) is 19.8 Å². The Morgan fingerprint density at radius 3 is 2.75 bits per heavy atom. The highest BCUT2D eigenvalue weighted by atomic mass is 16.5. The third-order valence-electron chi connectivity index (χ3n) is 3.38. The van der Waals surface area contributed by atoms with Crippen LogP contribution in [0.2, 0.25) is 12.6 Å². The fraction of sp³-hybridized carbons (Fsp3) is 0.700. The van der Waals surface area contributed by atoms with Gasteiger partial charge in [-0.3, -0.25) is 4.79 Å². The molecule has 1 heterocycles. The first-order chi connectivity index (χ1) is 7.66. The Labute approximate surface area is 95.2 Å². The standard InChI is InChI=1S/C10H15BN2O3/c1-10(9(13-15)6-16-8-14)2-4-11(7-12)5-3-10/h8,15H,2-6H2,1H3/b13-9-. The van der Waals surface area contributed by atoms with E-state index in [4.69, 9.17) is 10.5 Å². The van der Waals surface area contributed by atoms with Gasteiger partial charge in [-0.05, 0) is 12.8 Å². The minimum atomic E-state index is -0.259. The molecule has 1 aliphatic rings. The number of carbonyl (C=O) groups is 1. The number of oxime groups is 1. The number of hydrogen-bond acceptors (Lipinski definition) is 5. The van der Waals surface area contributed by atoms with E-state index in [1.54, 1.807) is 0 Å². The van der Waals surface area contributed by atoms with Crippen molar-refractivity contribution in [1.29, 1.82) is 5.26 Å². The van der Waals surface area contributed by atoms with Crippen molar-refractivity contribution < 1.29 is 14.7 Å². The van der Waals surface area contributed by atoms with E-state index in [0.717, 1.165) is 25.5 Å². The fourth-order valence-corrected chi connectivity index (χ4v) is 2.11. The van der Waals surface area contributed by atoms with Crippen LogP contribution in [-0.4, -0.2) is 30.7 Å². The zero-order valence-corrected chi connectivity index (χ0v) is 9.35. The van der Waals surface area contributed by atoms with Crippen LogP contribution in [0.5, 0.6) is 0 Å². The summed E-state index contributed by atoms with van der Waals surface area (Å²) in [4.78, 5) is 10.1. The summed E-state index contributed by atoms with van der Waals surface area (Å²) in [5, 5.41) is 20.9. The molecule has 0 aromatic heterocycles. The van der Waals surface area contributed by atoms with Gasteiger partial charge in [0.1, 0.15) is 12.3 Å². The molecule has 1 rings (SSSR count). The molecule has 0 aliphatic carbocycles. The Hall–Kier alpha value is -1.51. The van der Waals surface area contributed by atoms with E-state index in [2.05, 4.69) is 15.9 Å². The Kier molecular flexibility index (Phi) is 4.35. The van der Waals surface area contributed by atoms with Crippen molar-refractivity contribution in [3.8, 4) is 5.97 Å². The molecule has 1 saturated heterocycles. The molecule has 0 amide bonds. The Morgan fingerprint density at radius 2 is 2.31 bits per heavy atom. The second-order valence-corrected chi connectivity index (χ2v) is 4.42. The lowest BCUT2D eigenvalue weighted by Crippen LogP contribution is -2.37. The monoisotopic (exact) mass is 222 g/mol. The molecular formula is C10H15BN2O3. The van der Waals surface area contributed by atoms with Crippen molar-refractivity contribution in [2.75, 3.05) is 6.61 Å². The van der Waals surface area contributed by atoms with E-state index in [0.29, 0.717) is 12.2 Å². The quantitative estimate of drug-likeness (QED) is 0.256. The van der Waals surface area contributed by atoms with Gasteiger partial charge < -0.3 is 9.94 Å². The molecule has 0 atom stereocenters. The van der Waals surface area contributed by atoms with Crippen molar-refractivity contribution in [1.82, 2.24) is 0 Å². The van der Waals surface area contributed by atoms with Gasteiger partial charge in [-0.1, -0.05) is 24.7 Å². The van der Waals surface area contributed by atoms with Gasteiger partial charge in [-0.15, -0.1) is 0 Å². The topological polar surface area (TPSA) is 82.7 Å². The zero-order chi connectivity index (χ0) is 12.0. The maximum atomic E-state index is 10.1. The van der Waals surface area contributed by atoms with Gasteiger partial charge in [-0.2, -0.15) is 0 Å². The van der Waals surface area contributed by atoms with Crippen molar-refractivity contribution in [2.24, 2.45) is 10.6 Å². The van der Waals surface area contributed by atoms with Crippen molar-refractivity contribution in [3.05, 3.63) is 0 Å². The third kappa shape index (κ3) is 2.75. The minimum Gasteiger partial charge on any atom is -0.462 e. The van der Waals surface area contributed by atoms with Crippen LogP contribution in [-0.2, 0) is 9.53 Å². The molecule has 6 heteroatoms. The summed E-state index contributed by atoms with van der Waals surface area (Å²) < 4.78 is 4.62. The van der Waals surface area contributed by atoms with Crippen LogP contribution in [0.25, 0.3) is 0 Å². The largest absolute Gasteiger partial charge is 0.462 e. The van der Waals surface area contributed by atoms with Crippen LogP contribution in [0.15, 0.2) is 5.16 Å². The van der Waals surface area contributed by atoms with Crippen molar-refractivity contribution >= 4 is 18.9 Å².